The van der Waals surface area contributed by atoms with Crippen LogP contribution < -0.4 is 0 Å². The topological polar surface area (TPSA) is 38.7 Å². The highest BCUT2D eigenvalue weighted by molar-refractivity contribution is 5.78. The molecule has 0 amide bonds. The summed E-state index contributed by atoms with van der Waals surface area (Å²) in [6.45, 7) is 6.25. The standard InChI is InChI=1S/C12H21NO2/c1-9(2)13-15-8-11-4-6-12(7-5-11)10(3)14/h11-12H,4-8H2,1-3H3. The molecule has 0 aromatic carbocycles. The van der Waals surface area contributed by atoms with Gasteiger partial charge in [-0.15, -0.1) is 0 Å². The van der Waals surface area contributed by atoms with Crippen LogP contribution in [-0.2, 0) is 9.63 Å². The molecule has 0 aliphatic heterocycles. The van der Waals surface area contributed by atoms with Crippen molar-refractivity contribution in [2.75, 3.05) is 6.61 Å². The number of carbonyl (C=O) groups excluding carboxylic acids is 1. The van der Waals surface area contributed by atoms with E-state index in [2.05, 4.69) is 5.16 Å². The molecule has 0 radical (unpaired) electrons. The maximum atomic E-state index is 11.2. The van der Waals surface area contributed by atoms with Crippen LogP contribution >= 0.6 is 0 Å². The average molecular weight is 211 g/mol. The quantitative estimate of drug-likeness (QED) is 0.530. The first-order valence-electron chi connectivity index (χ1n) is 5.73. The molecule has 1 rings (SSSR count). The summed E-state index contributed by atoms with van der Waals surface area (Å²) < 4.78 is 0. The van der Waals surface area contributed by atoms with Gasteiger partial charge in [0.05, 0.1) is 5.71 Å². The molecule has 0 aromatic rings. The summed E-state index contributed by atoms with van der Waals surface area (Å²) in [6, 6.07) is 0. The van der Waals surface area contributed by atoms with Gasteiger partial charge in [0.1, 0.15) is 12.4 Å². The van der Waals surface area contributed by atoms with Crippen LogP contribution in [0.2, 0.25) is 0 Å². The van der Waals surface area contributed by atoms with Gasteiger partial charge in [-0.25, -0.2) is 0 Å². The fraction of sp³-hybridized carbons (Fsp3) is 0.833. The number of hydrogen-bond acceptors (Lipinski definition) is 3. The maximum Gasteiger partial charge on any atom is 0.132 e. The van der Waals surface area contributed by atoms with Crippen LogP contribution in [0.3, 0.4) is 0 Å². The number of hydrogen-bond donors (Lipinski definition) is 0. The van der Waals surface area contributed by atoms with E-state index in [0.717, 1.165) is 31.4 Å². The summed E-state index contributed by atoms with van der Waals surface area (Å²) in [7, 11) is 0. The smallest absolute Gasteiger partial charge is 0.132 e. The van der Waals surface area contributed by atoms with Crippen molar-refractivity contribution < 1.29 is 9.63 Å². The zero-order chi connectivity index (χ0) is 11.3. The van der Waals surface area contributed by atoms with E-state index in [1.807, 2.05) is 13.8 Å². The average Bonchev–Trinajstić information content (AvgIpc) is 2.18. The normalized spacial score (nSPS) is 25.8. The van der Waals surface area contributed by atoms with Crippen LogP contribution in [0.1, 0.15) is 46.5 Å². The highest BCUT2D eigenvalue weighted by atomic mass is 16.6. The van der Waals surface area contributed by atoms with Crippen LogP contribution in [0.15, 0.2) is 5.16 Å². The van der Waals surface area contributed by atoms with Gasteiger partial charge in [0.2, 0.25) is 0 Å². The van der Waals surface area contributed by atoms with E-state index in [0.29, 0.717) is 24.2 Å². The fourth-order valence-electron chi connectivity index (χ4n) is 2.01. The third kappa shape index (κ3) is 4.45. The molecule has 1 aliphatic rings. The Kier molecular flexibility index (Phi) is 4.79. The second-order valence-corrected chi connectivity index (χ2v) is 4.66. The molecule has 0 N–H and O–H groups in total. The highest BCUT2D eigenvalue weighted by Gasteiger charge is 2.24. The number of oxime groups is 1. The van der Waals surface area contributed by atoms with Gasteiger partial charge < -0.3 is 4.84 Å². The van der Waals surface area contributed by atoms with Crippen LogP contribution in [0.5, 0.6) is 0 Å². The van der Waals surface area contributed by atoms with E-state index in [4.69, 9.17) is 4.84 Å². The Morgan fingerprint density at radius 3 is 2.27 bits per heavy atom. The minimum Gasteiger partial charge on any atom is -0.396 e. The summed E-state index contributed by atoms with van der Waals surface area (Å²) in [5, 5.41) is 3.92. The molecule has 0 unspecified atom stereocenters. The first-order chi connectivity index (χ1) is 7.09. The number of rotatable bonds is 4. The molecule has 0 bridgehead atoms. The number of carbonyl (C=O) groups is 1. The Bertz CT molecular complexity index is 236. The lowest BCUT2D eigenvalue weighted by Gasteiger charge is -2.25. The van der Waals surface area contributed by atoms with E-state index >= 15 is 0 Å². The van der Waals surface area contributed by atoms with Crippen molar-refractivity contribution in [3.05, 3.63) is 0 Å². The molecular weight excluding hydrogens is 190 g/mol. The lowest BCUT2D eigenvalue weighted by atomic mass is 9.81. The van der Waals surface area contributed by atoms with E-state index in [-0.39, 0.29) is 0 Å². The number of Topliss-reactive ketones (excluding diaryl/α,β-unsaturated/α-hetero) is 1. The monoisotopic (exact) mass is 211 g/mol. The summed E-state index contributed by atoms with van der Waals surface area (Å²) >= 11 is 0. The van der Waals surface area contributed by atoms with Gasteiger partial charge in [-0.3, -0.25) is 4.79 Å². The molecule has 1 aliphatic carbocycles. The van der Waals surface area contributed by atoms with E-state index in [9.17, 15) is 4.79 Å². The first kappa shape index (κ1) is 12.2. The van der Waals surface area contributed by atoms with Crippen LogP contribution in [0, 0.1) is 11.8 Å². The first-order valence-corrected chi connectivity index (χ1v) is 5.73. The summed E-state index contributed by atoms with van der Waals surface area (Å²) in [6.07, 6.45) is 4.25. The van der Waals surface area contributed by atoms with Gasteiger partial charge in [0.15, 0.2) is 0 Å². The minimum atomic E-state index is 0.303. The number of nitrogens with zero attached hydrogens (tertiary/aromatic N) is 1. The van der Waals surface area contributed by atoms with Gasteiger partial charge >= 0.3 is 0 Å². The Balaban J connectivity index is 2.20. The van der Waals surface area contributed by atoms with E-state index in [1.54, 1.807) is 6.92 Å². The molecule has 15 heavy (non-hydrogen) atoms. The molecule has 3 nitrogen and oxygen atoms in total. The zero-order valence-electron chi connectivity index (χ0n) is 9.95. The summed E-state index contributed by atoms with van der Waals surface area (Å²) in [5.74, 6) is 1.23. The van der Waals surface area contributed by atoms with Crippen LogP contribution in [0.4, 0.5) is 0 Å². The molecule has 0 aromatic heterocycles. The Morgan fingerprint density at radius 1 is 1.20 bits per heavy atom. The van der Waals surface area contributed by atoms with Crippen molar-refractivity contribution >= 4 is 11.5 Å². The third-order valence-electron chi connectivity index (χ3n) is 2.98. The highest BCUT2D eigenvalue weighted by Crippen LogP contribution is 2.29. The van der Waals surface area contributed by atoms with Gasteiger partial charge in [-0.2, -0.15) is 0 Å². The maximum absolute atomic E-state index is 11.2. The molecule has 0 spiro atoms. The SMILES string of the molecule is CC(=O)C1CCC(CON=C(C)C)CC1. The molecule has 1 fully saturated rings. The van der Waals surface area contributed by atoms with Crippen LogP contribution in [-0.4, -0.2) is 18.1 Å². The van der Waals surface area contributed by atoms with Crippen molar-refractivity contribution in [3.8, 4) is 0 Å². The molecular formula is C12H21NO2. The van der Waals surface area contributed by atoms with Gasteiger partial charge in [-0.05, 0) is 52.4 Å². The lowest BCUT2D eigenvalue weighted by molar-refractivity contribution is -0.122. The summed E-state index contributed by atoms with van der Waals surface area (Å²) in [5.41, 5.74) is 0.951. The zero-order valence-corrected chi connectivity index (χ0v) is 9.95. The third-order valence-corrected chi connectivity index (χ3v) is 2.98. The molecule has 1 saturated carbocycles. The number of ketones is 1. The lowest BCUT2D eigenvalue weighted by Crippen LogP contribution is -2.22. The van der Waals surface area contributed by atoms with E-state index < -0.39 is 0 Å². The Labute approximate surface area is 91.9 Å². The predicted octanol–water partition coefficient (Wildman–Crippen LogP) is 2.79. The Hall–Kier alpha value is -0.860. The van der Waals surface area contributed by atoms with Gasteiger partial charge in [-0.1, -0.05) is 5.16 Å². The van der Waals surface area contributed by atoms with Gasteiger partial charge in [0, 0.05) is 5.92 Å². The fourth-order valence-corrected chi connectivity index (χ4v) is 2.01. The molecule has 0 saturated heterocycles. The van der Waals surface area contributed by atoms with Crippen LogP contribution in [0.25, 0.3) is 0 Å². The van der Waals surface area contributed by atoms with E-state index in [1.165, 1.54) is 0 Å². The largest absolute Gasteiger partial charge is 0.396 e. The van der Waals surface area contributed by atoms with Crippen molar-refractivity contribution in [1.82, 2.24) is 0 Å². The molecule has 0 heterocycles. The molecule has 86 valence electrons. The second-order valence-electron chi connectivity index (χ2n) is 4.66. The predicted molar refractivity (Wildman–Crippen MR) is 60.9 cm³/mol. The van der Waals surface area contributed by atoms with Crippen molar-refractivity contribution in [2.24, 2.45) is 17.0 Å². The van der Waals surface area contributed by atoms with Crippen molar-refractivity contribution in [2.45, 2.75) is 46.5 Å². The molecule has 0 atom stereocenters. The second kappa shape index (κ2) is 5.89. The minimum absolute atomic E-state index is 0.303. The summed E-state index contributed by atoms with van der Waals surface area (Å²) in [4.78, 5) is 16.4. The molecule has 3 heteroatoms. The van der Waals surface area contributed by atoms with Gasteiger partial charge in [0.25, 0.3) is 0 Å². The Morgan fingerprint density at radius 2 is 1.80 bits per heavy atom. The van der Waals surface area contributed by atoms with Crippen molar-refractivity contribution in [3.63, 3.8) is 0 Å². The van der Waals surface area contributed by atoms with Crippen molar-refractivity contribution in [1.29, 1.82) is 0 Å².